The Labute approximate surface area is 98.4 Å². The number of anilines is 1. The van der Waals surface area contributed by atoms with Crippen LogP contribution in [0, 0.1) is 10.1 Å². The Morgan fingerprint density at radius 3 is 2.59 bits per heavy atom. The predicted octanol–water partition coefficient (Wildman–Crippen LogP) is 0.782. The monoisotopic (exact) mass is 287 g/mol. The number of rotatable bonds is 5. The second kappa shape index (κ2) is 4.89. The van der Waals surface area contributed by atoms with Crippen molar-refractivity contribution in [2.75, 3.05) is 12.3 Å². The van der Waals surface area contributed by atoms with Gasteiger partial charge in [0, 0.05) is 6.07 Å². The van der Waals surface area contributed by atoms with Gasteiger partial charge in [-0.3, -0.25) is 10.1 Å². The first-order valence-electron chi connectivity index (χ1n) is 4.05. The number of halogens is 2. The summed E-state index contributed by atoms with van der Waals surface area (Å²) in [4.78, 5) is 9.58. The fraction of sp³-hybridized carbons (Fsp3) is 0.333. The van der Waals surface area contributed by atoms with Crippen molar-refractivity contribution in [1.82, 2.24) is 4.72 Å². The molecule has 0 radical (unpaired) electrons. The van der Waals surface area contributed by atoms with Crippen LogP contribution in [0.5, 0.6) is 0 Å². The molecular weight excluding hydrogens is 280 g/mol. The zero-order valence-corrected chi connectivity index (χ0v) is 9.72. The average molecular weight is 287 g/mol. The summed E-state index contributed by atoms with van der Waals surface area (Å²) in [5.74, 6) is 0. The largest absolute Gasteiger partial charge is 0.385 e. The van der Waals surface area contributed by atoms with Crippen molar-refractivity contribution in [3.05, 3.63) is 16.2 Å². The number of nitrogens with one attached hydrogen (secondary N) is 1. The second-order valence-corrected chi connectivity index (χ2v) is 5.89. The summed E-state index contributed by atoms with van der Waals surface area (Å²) < 4.78 is 47.6. The van der Waals surface area contributed by atoms with Crippen molar-refractivity contribution in [2.24, 2.45) is 0 Å². The molecule has 1 aromatic heterocycles. The Bertz CT molecular complexity index is 527. The van der Waals surface area contributed by atoms with Gasteiger partial charge in [0.2, 0.25) is 0 Å². The highest BCUT2D eigenvalue weighted by molar-refractivity contribution is 7.91. The summed E-state index contributed by atoms with van der Waals surface area (Å²) in [6.45, 7) is -1.06. The van der Waals surface area contributed by atoms with Crippen LogP contribution in [0.15, 0.2) is 10.3 Å². The van der Waals surface area contributed by atoms with Gasteiger partial charge in [-0.25, -0.2) is 21.9 Å². The van der Waals surface area contributed by atoms with Crippen molar-refractivity contribution >= 4 is 32.0 Å². The van der Waals surface area contributed by atoms with Gasteiger partial charge in [-0.15, -0.1) is 0 Å². The maximum atomic E-state index is 11.8. The van der Waals surface area contributed by atoms with Crippen molar-refractivity contribution in [2.45, 2.75) is 10.6 Å². The summed E-state index contributed by atoms with van der Waals surface area (Å²) >= 11 is 0.442. The molecule has 1 aromatic rings. The number of nitrogens with two attached hydrogens (primary N) is 1. The number of hydrogen-bond acceptors (Lipinski definition) is 6. The van der Waals surface area contributed by atoms with Crippen molar-refractivity contribution in [3.63, 3.8) is 0 Å². The van der Waals surface area contributed by atoms with E-state index >= 15 is 0 Å². The highest BCUT2D eigenvalue weighted by atomic mass is 32.2. The van der Waals surface area contributed by atoms with Gasteiger partial charge in [-0.2, -0.15) is 0 Å². The maximum absolute atomic E-state index is 11.8. The molecule has 3 N–H and O–H groups in total. The molecular formula is C6H7F2N3O4S2. The normalized spacial score (nSPS) is 11.9. The van der Waals surface area contributed by atoms with Crippen LogP contribution in [-0.2, 0) is 10.0 Å². The molecule has 0 aliphatic rings. The Balaban J connectivity index is 3.00. The summed E-state index contributed by atoms with van der Waals surface area (Å²) in [7, 11) is -4.19. The molecule has 17 heavy (non-hydrogen) atoms. The van der Waals surface area contributed by atoms with Crippen LogP contribution in [0.1, 0.15) is 0 Å². The minimum atomic E-state index is -4.19. The lowest BCUT2D eigenvalue weighted by Gasteiger charge is -2.02. The minimum absolute atomic E-state index is 0.299. The van der Waals surface area contributed by atoms with E-state index in [1.807, 2.05) is 0 Å². The minimum Gasteiger partial charge on any atom is -0.385 e. The highest BCUT2D eigenvalue weighted by Crippen LogP contribution is 2.34. The van der Waals surface area contributed by atoms with Crippen LogP contribution in [0.4, 0.5) is 19.5 Å². The predicted molar refractivity (Wildman–Crippen MR) is 56.6 cm³/mol. The van der Waals surface area contributed by atoms with Crippen molar-refractivity contribution < 1.29 is 22.1 Å². The Kier molecular flexibility index (Phi) is 3.95. The summed E-state index contributed by atoms with van der Waals surface area (Å²) in [5.41, 5.74) is 4.67. The van der Waals surface area contributed by atoms with Gasteiger partial charge in [0.25, 0.3) is 16.4 Å². The molecule has 1 rings (SSSR count). The summed E-state index contributed by atoms with van der Waals surface area (Å²) in [6.07, 6.45) is -2.85. The van der Waals surface area contributed by atoms with Crippen molar-refractivity contribution in [3.8, 4) is 0 Å². The van der Waals surface area contributed by atoms with Gasteiger partial charge < -0.3 is 5.73 Å². The highest BCUT2D eigenvalue weighted by Gasteiger charge is 2.25. The zero-order valence-electron chi connectivity index (χ0n) is 8.09. The van der Waals surface area contributed by atoms with Gasteiger partial charge in [0.05, 0.1) is 11.5 Å². The van der Waals surface area contributed by atoms with Crippen LogP contribution in [-0.4, -0.2) is 26.3 Å². The molecule has 11 heteroatoms. The second-order valence-electron chi connectivity index (χ2n) is 2.82. The number of nitrogens with zero attached hydrogens (tertiary/aromatic N) is 1. The van der Waals surface area contributed by atoms with E-state index in [2.05, 4.69) is 0 Å². The van der Waals surface area contributed by atoms with E-state index in [9.17, 15) is 27.3 Å². The van der Waals surface area contributed by atoms with E-state index in [-0.39, 0.29) is 5.00 Å². The molecule has 7 nitrogen and oxygen atoms in total. The number of alkyl halides is 2. The molecule has 0 fully saturated rings. The van der Waals surface area contributed by atoms with E-state index in [1.54, 1.807) is 4.72 Å². The summed E-state index contributed by atoms with van der Waals surface area (Å²) in [6, 6.07) is 0.730. The number of thiophene rings is 1. The fourth-order valence-corrected chi connectivity index (χ4v) is 3.16. The Morgan fingerprint density at radius 1 is 1.59 bits per heavy atom. The molecule has 0 saturated heterocycles. The lowest BCUT2D eigenvalue weighted by atomic mass is 10.5. The van der Waals surface area contributed by atoms with E-state index in [1.165, 1.54) is 0 Å². The average Bonchev–Trinajstić information content (AvgIpc) is 2.58. The van der Waals surface area contributed by atoms with Gasteiger partial charge >= 0.3 is 5.69 Å². The molecule has 0 amide bonds. The van der Waals surface area contributed by atoms with E-state index in [0.29, 0.717) is 11.3 Å². The molecule has 0 aromatic carbocycles. The standard InChI is InChI=1S/C6H7F2N3O4S2/c7-4(8)2-10-17(14,15)5-1-3(11(12)13)6(9)16-5/h1,4,10H,2,9H2. The molecule has 0 aliphatic heterocycles. The van der Waals surface area contributed by atoms with Gasteiger partial charge in [0.15, 0.2) is 5.00 Å². The fourth-order valence-electron chi connectivity index (χ4n) is 0.892. The van der Waals surface area contributed by atoms with E-state index in [4.69, 9.17) is 5.73 Å². The number of nitro groups is 1. The van der Waals surface area contributed by atoms with Crippen LogP contribution in [0.25, 0.3) is 0 Å². The topological polar surface area (TPSA) is 115 Å². The van der Waals surface area contributed by atoms with Crippen molar-refractivity contribution in [1.29, 1.82) is 0 Å². The zero-order chi connectivity index (χ0) is 13.2. The quantitative estimate of drug-likeness (QED) is 0.613. The van der Waals surface area contributed by atoms with Crippen LogP contribution >= 0.6 is 11.3 Å². The number of hydrogen-bond donors (Lipinski definition) is 2. The number of nitrogen functional groups attached to an aromatic ring is 1. The van der Waals surface area contributed by atoms with E-state index < -0.39 is 37.8 Å². The van der Waals surface area contributed by atoms with E-state index in [0.717, 1.165) is 6.07 Å². The molecule has 0 atom stereocenters. The van der Waals surface area contributed by atoms with Crippen LogP contribution in [0.3, 0.4) is 0 Å². The SMILES string of the molecule is Nc1sc(S(=O)(=O)NCC(F)F)cc1[N+](=O)[O-]. The molecule has 0 unspecified atom stereocenters. The molecule has 0 aliphatic carbocycles. The van der Waals surface area contributed by atoms with Crippen LogP contribution in [0.2, 0.25) is 0 Å². The first kappa shape index (κ1) is 13.7. The van der Waals surface area contributed by atoms with Gasteiger partial charge in [-0.05, 0) is 0 Å². The summed E-state index contributed by atoms with van der Waals surface area (Å²) in [5, 5.41) is 10.1. The lowest BCUT2D eigenvalue weighted by Crippen LogP contribution is -2.28. The number of sulfonamides is 1. The molecule has 0 saturated carbocycles. The smallest absolute Gasteiger partial charge is 0.304 e. The van der Waals surface area contributed by atoms with Crippen LogP contribution < -0.4 is 10.5 Å². The third kappa shape index (κ3) is 3.31. The Morgan fingerprint density at radius 2 is 2.18 bits per heavy atom. The Hall–Kier alpha value is -1.33. The third-order valence-corrected chi connectivity index (χ3v) is 4.46. The first-order chi connectivity index (χ1) is 7.74. The van der Waals surface area contributed by atoms with Gasteiger partial charge in [-0.1, -0.05) is 11.3 Å². The lowest BCUT2D eigenvalue weighted by molar-refractivity contribution is -0.383. The maximum Gasteiger partial charge on any atom is 0.304 e. The first-order valence-corrected chi connectivity index (χ1v) is 6.35. The molecule has 1 heterocycles. The van der Waals surface area contributed by atoms with Gasteiger partial charge in [0.1, 0.15) is 4.21 Å². The molecule has 0 bridgehead atoms. The molecule has 96 valence electrons. The third-order valence-electron chi connectivity index (χ3n) is 1.61. The molecule has 0 spiro atoms.